The number of nitrogens with zero attached hydrogens (tertiary/aromatic N) is 4. The number of rotatable bonds is 7. The Morgan fingerprint density at radius 3 is 2.60 bits per heavy atom. The van der Waals surface area contributed by atoms with Crippen LogP contribution in [0, 0.1) is 23.0 Å². The van der Waals surface area contributed by atoms with E-state index in [0.29, 0.717) is 23.7 Å². The molecule has 0 fully saturated rings. The van der Waals surface area contributed by atoms with E-state index in [1.807, 2.05) is 37.4 Å². The lowest BCUT2D eigenvalue weighted by Gasteiger charge is -2.30. The van der Waals surface area contributed by atoms with Crippen molar-refractivity contribution >= 4 is 28.2 Å². The Labute approximate surface area is 202 Å². The molecule has 4 rings (SSSR count). The number of amides is 1. The van der Waals surface area contributed by atoms with Gasteiger partial charge in [0.1, 0.15) is 5.69 Å². The summed E-state index contributed by atoms with van der Waals surface area (Å²) in [5.41, 5.74) is 1.15. The van der Waals surface area contributed by atoms with Crippen molar-refractivity contribution < 1.29 is 9.72 Å². The molecular weight excluding hydrogens is 446 g/mol. The Bertz CT molecular complexity index is 1470. The zero-order chi connectivity index (χ0) is 25.3. The Hall–Kier alpha value is -4.27. The zero-order valence-electron chi connectivity index (χ0n) is 20.1. The molecule has 0 aliphatic rings. The lowest BCUT2D eigenvalue weighted by molar-refractivity contribution is -0.384. The minimum Gasteiger partial charge on any atom is -0.361 e. The van der Waals surface area contributed by atoms with Gasteiger partial charge in [0.25, 0.3) is 11.6 Å². The summed E-state index contributed by atoms with van der Waals surface area (Å²) in [5.74, 6) is -0.240. The molecule has 9 heteroatoms. The summed E-state index contributed by atoms with van der Waals surface area (Å²) >= 11 is 0. The van der Waals surface area contributed by atoms with Crippen LogP contribution in [0.5, 0.6) is 0 Å². The highest BCUT2D eigenvalue weighted by Crippen LogP contribution is 2.27. The van der Waals surface area contributed by atoms with Gasteiger partial charge in [-0.15, -0.1) is 0 Å². The average molecular weight is 474 g/mol. The third kappa shape index (κ3) is 4.70. The number of carbonyl (C=O) groups is 1. The molecule has 2 heterocycles. The van der Waals surface area contributed by atoms with Crippen molar-refractivity contribution in [1.82, 2.24) is 14.8 Å². The second-order valence-corrected chi connectivity index (χ2v) is 9.06. The van der Waals surface area contributed by atoms with E-state index in [1.54, 1.807) is 24.0 Å². The summed E-state index contributed by atoms with van der Waals surface area (Å²) in [7, 11) is 0. The number of hydrogen-bond donors (Lipinski definition) is 1. The van der Waals surface area contributed by atoms with Gasteiger partial charge in [0, 0.05) is 46.7 Å². The number of fused-ring (bicyclic) bond motifs is 1. The minimum absolute atomic E-state index is 0.173. The van der Waals surface area contributed by atoms with Gasteiger partial charge < -0.3 is 9.88 Å². The van der Waals surface area contributed by atoms with Crippen LogP contribution in [-0.4, -0.2) is 31.6 Å². The molecule has 0 saturated heterocycles. The quantitative estimate of drug-likeness (QED) is 0.299. The molecule has 0 bridgehead atoms. The van der Waals surface area contributed by atoms with Crippen molar-refractivity contribution in [3.63, 3.8) is 0 Å². The molecule has 0 radical (unpaired) electrons. The first kappa shape index (κ1) is 23.9. The molecule has 1 N–H and O–H groups in total. The standard InChI is InChI=1S/C26H27N5O4/c1-16(2)13-17(3)29(20-9-10-21-19(15-20)11-12-27-21)26(33)25-24(32)14-18(4)30(28-25)22-7-5-6-8-23(22)31(34)35/h5-12,14-17,27H,13H2,1-4H3. The third-order valence-corrected chi connectivity index (χ3v) is 5.90. The van der Waals surface area contributed by atoms with E-state index < -0.39 is 16.3 Å². The predicted octanol–water partition coefficient (Wildman–Crippen LogP) is 5.01. The maximum atomic E-state index is 13.9. The lowest BCUT2D eigenvalue weighted by Crippen LogP contribution is -2.42. The summed E-state index contributed by atoms with van der Waals surface area (Å²) < 4.78 is 1.29. The largest absolute Gasteiger partial charge is 0.361 e. The number of hydrogen-bond acceptors (Lipinski definition) is 5. The van der Waals surface area contributed by atoms with Crippen LogP contribution in [0.25, 0.3) is 16.6 Å². The van der Waals surface area contributed by atoms with Crippen molar-refractivity contribution in [2.75, 3.05) is 4.90 Å². The topological polar surface area (TPSA) is 114 Å². The van der Waals surface area contributed by atoms with Gasteiger partial charge in [-0.2, -0.15) is 5.10 Å². The van der Waals surface area contributed by atoms with Gasteiger partial charge in [-0.1, -0.05) is 26.0 Å². The average Bonchev–Trinajstić information content (AvgIpc) is 3.27. The Balaban J connectivity index is 1.86. The monoisotopic (exact) mass is 473 g/mol. The molecule has 9 nitrogen and oxygen atoms in total. The highest BCUT2D eigenvalue weighted by Gasteiger charge is 2.29. The number of anilines is 1. The first-order chi connectivity index (χ1) is 16.7. The number of aromatic amines is 1. The molecule has 2 aromatic heterocycles. The summed E-state index contributed by atoms with van der Waals surface area (Å²) in [6, 6.07) is 14.7. The van der Waals surface area contributed by atoms with Crippen molar-refractivity contribution in [3.05, 3.63) is 92.5 Å². The first-order valence-electron chi connectivity index (χ1n) is 11.4. The minimum atomic E-state index is -0.551. The fraction of sp³-hybridized carbons (Fsp3) is 0.269. The Kier molecular flexibility index (Phi) is 6.50. The molecular formula is C26H27N5O4. The smallest absolute Gasteiger partial charge is 0.294 e. The maximum Gasteiger partial charge on any atom is 0.294 e. The molecule has 4 aromatic rings. The van der Waals surface area contributed by atoms with Crippen molar-refractivity contribution in [1.29, 1.82) is 0 Å². The van der Waals surface area contributed by atoms with Crippen molar-refractivity contribution in [2.45, 2.75) is 40.2 Å². The molecule has 180 valence electrons. The van der Waals surface area contributed by atoms with E-state index in [2.05, 4.69) is 23.9 Å². The molecule has 0 aliphatic carbocycles. The molecule has 1 unspecified atom stereocenters. The van der Waals surface area contributed by atoms with Gasteiger partial charge in [0.15, 0.2) is 5.69 Å². The van der Waals surface area contributed by atoms with E-state index in [9.17, 15) is 19.7 Å². The van der Waals surface area contributed by atoms with Crippen LogP contribution in [0.4, 0.5) is 11.4 Å². The van der Waals surface area contributed by atoms with E-state index >= 15 is 0 Å². The molecule has 0 spiro atoms. The summed E-state index contributed by atoms with van der Waals surface area (Å²) in [5, 5.41) is 16.9. The number of carbonyl (C=O) groups excluding carboxylic acids is 1. The highest BCUT2D eigenvalue weighted by atomic mass is 16.6. The fourth-order valence-electron chi connectivity index (χ4n) is 4.40. The van der Waals surface area contributed by atoms with Gasteiger partial charge in [-0.3, -0.25) is 19.7 Å². The number of para-hydroxylation sites is 2. The summed E-state index contributed by atoms with van der Waals surface area (Å²) in [6.07, 6.45) is 2.53. The third-order valence-electron chi connectivity index (χ3n) is 5.90. The van der Waals surface area contributed by atoms with E-state index in [-0.39, 0.29) is 23.1 Å². The van der Waals surface area contributed by atoms with Crippen LogP contribution in [0.1, 0.15) is 43.4 Å². The van der Waals surface area contributed by atoms with E-state index in [0.717, 1.165) is 10.9 Å². The van der Waals surface area contributed by atoms with Crippen molar-refractivity contribution in [3.8, 4) is 5.69 Å². The van der Waals surface area contributed by atoms with Crippen LogP contribution in [0.15, 0.2) is 65.6 Å². The first-order valence-corrected chi connectivity index (χ1v) is 11.4. The van der Waals surface area contributed by atoms with Crippen LogP contribution in [0.3, 0.4) is 0 Å². The maximum absolute atomic E-state index is 13.9. The van der Waals surface area contributed by atoms with Gasteiger partial charge in [0.2, 0.25) is 5.43 Å². The van der Waals surface area contributed by atoms with Crippen LogP contribution < -0.4 is 10.3 Å². The number of nitrogens with one attached hydrogen (secondary N) is 1. The van der Waals surface area contributed by atoms with E-state index in [4.69, 9.17) is 0 Å². The predicted molar refractivity (Wildman–Crippen MR) is 135 cm³/mol. The second-order valence-electron chi connectivity index (χ2n) is 9.06. The molecule has 0 saturated carbocycles. The number of aromatic nitrogens is 3. The molecule has 35 heavy (non-hydrogen) atoms. The number of nitro groups is 1. The second kappa shape index (κ2) is 9.54. The molecule has 1 amide bonds. The van der Waals surface area contributed by atoms with Crippen molar-refractivity contribution in [2.24, 2.45) is 5.92 Å². The fourth-order valence-corrected chi connectivity index (χ4v) is 4.40. The van der Waals surface area contributed by atoms with Crippen LogP contribution in [-0.2, 0) is 0 Å². The number of H-pyrrole nitrogens is 1. The summed E-state index contributed by atoms with van der Waals surface area (Å²) in [4.78, 5) is 42.7. The number of benzene rings is 2. The van der Waals surface area contributed by atoms with Gasteiger partial charge >= 0.3 is 0 Å². The highest BCUT2D eigenvalue weighted by molar-refractivity contribution is 6.06. The number of aryl methyl sites for hydroxylation is 1. The van der Waals surface area contributed by atoms with E-state index in [1.165, 1.54) is 22.9 Å². The molecule has 2 aromatic carbocycles. The molecule has 1 atom stereocenters. The van der Waals surface area contributed by atoms with Gasteiger partial charge in [-0.05, 0) is 56.5 Å². The lowest BCUT2D eigenvalue weighted by atomic mass is 10.0. The van der Waals surface area contributed by atoms with Crippen LogP contribution >= 0.6 is 0 Å². The summed E-state index contributed by atoms with van der Waals surface area (Å²) in [6.45, 7) is 7.70. The molecule has 0 aliphatic heterocycles. The SMILES string of the molecule is Cc1cc(=O)c(C(=O)N(c2ccc3[nH]ccc3c2)C(C)CC(C)C)nn1-c1ccccc1[N+](=O)[O-]. The Morgan fingerprint density at radius 2 is 1.89 bits per heavy atom. The zero-order valence-corrected chi connectivity index (χ0v) is 20.1. The Morgan fingerprint density at radius 1 is 1.14 bits per heavy atom. The number of nitro benzene ring substituents is 1. The van der Waals surface area contributed by atoms with Gasteiger partial charge in [-0.25, -0.2) is 4.68 Å². The normalized spacial score (nSPS) is 12.1. The van der Waals surface area contributed by atoms with Crippen LogP contribution in [0.2, 0.25) is 0 Å². The van der Waals surface area contributed by atoms with Gasteiger partial charge in [0.05, 0.1) is 4.92 Å².